The summed E-state index contributed by atoms with van der Waals surface area (Å²) in [4.78, 5) is 13.0. The van der Waals surface area contributed by atoms with Crippen molar-refractivity contribution < 1.29 is 18.7 Å². The van der Waals surface area contributed by atoms with Crippen LogP contribution in [0.3, 0.4) is 0 Å². The van der Waals surface area contributed by atoms with Gasteiger partial charge in [0, 0.05) is 0 Å². The van der Waals surface area contributed by atoms with E-state index in [4.69, 9.17) is 25.5 Å². The average Bonchev–Trinajstić information content (AvgIpc) is 3.23. The number of thiophene rings is 1. The molecule has 7 nitrogen and oxygen atoms in total. The molecular formula is C15H10ClN3O4S. The van der Waals surface area contributed by atoms with Crippen LogP contribution >= 0.6 is 22.9 Å². The van der Waals surface area contributed by atoms with Crippen molar-refractivity contribution in [3.63, 3.8) is 0 Å². The van der Waals surface area contributed by atoms with Crippen molar-refractivity contribution in [1.29, 1.82) is 0 Å². The molecule has 0 radical (unpaired) electrons. The number of hydrogen-bond donors (Lipinski definition) is 1. The van der Waals surface area contributed by atoms with Gasteiger partial charge in [0.1, 0.15) is 6.61 Å². The van der Waals surface area contributed by atoms with Gasteiger partial charge in [0.2, 0.25) is 6.10 Å². The Hall–Kier alpha value is -2.58. The van der Waals surface area contributed by atoms with E-state index in [-0.39, 0.29) is 18.5 Å². The summed E-state index contributed by atoms with van der Waals surface area (Å²) in [5, 5.41) is 10.2. The van der Waals surface area contributed by atoms with Crippen molar-refractivity contribution in [2.75, 3.05) is 11.9 Å². The second-order valence-electron chi connectivity index (χ2n) is 4.87. The Morgan fingerprint density at radius 2 is 2.04 bits per heavy atom. The fraction of sp³-hybridized carbons (Fsp3) is 0.133. The summed E-state index contributed by atoms with van der Waals surface area (Å²) in [6.07, 6.45) is -0.800. The molecule has 1 N–H and O–H groups in total. The molecule has 24 heavy (non-hydrogen) atoms. The first-order chi connectivity index (χ1) is 11.7. The molecule has 9 heteroatoms. The predicted molar refractivity (Wildman–Crippen MR) is 87.6 cm³/mol. The molecule has 0 saturated heterocycles. The lowest BCUT2D eigenvalue weighted by molar-refractivity contribution is -0.125. The normalized spacial score (nSPS) is 16.0. The molecule has 0 saturated carbocycles. The monoisotopic (exact) mass is 363 g/mol. The third kappa shape index (κ3) is 2.93. The van der Waals surface area contributed by atoms with Crippen LogP contribution in [0.1, 0.15) is 0 Å². The lowest BCUT2D eigenvalue weighted by Crippen LogP contribution is -2.40. The van der Waals surface area contributed by atoms with E-state index in [0.717, 1.165) is 4.88 Å². The van der Waals surface area contributed by atoms with Crippen LogP contribution < -0.4 is 14.8 Å². The summed E-state index contributed by atoms with van der Waals surface area (Å²) in [7, 11) is 0. The van der Waals surface area contributed by atoms with Crippen molar-refractivity contribution in [3.05, 3.63) is 40.7 Å². The van der Waals surface area contributed by atoms with Crippen molar-refractivity contribution in [3.8, 4) is 22.3 Å². The van der Waals surface area contributed by atoms with Crippen LogP contribution in [0, 0.1) is 0 Å². The number of ether oxygens (including phenoxy) is 2. The summed E-state index contributed by atoms with van der Waals surface area (Å²) in [5.74, 6) is 0.983. The highest BCUT2D eigenvalue weighted by molar-refractivity contribution is 7.19. The van der Waals surface area contributed by atoms with Crippen molar-refractivity contribution in [1.82, 2.24) is 10.2 Å². The Labute approximate surface area is 145 Å². The van der Waals surface area contributed by atoms with Crippen molar-refractivity contribution in [2.24, 2.45) is 0 Å². The van der Waals surface area contributed by atoms with Gasteiger partial charge >= 0.3 is 6.01 Å². The fourth-order valence-electron chi connectivity index (χ4n) is 2.14. The molecule has 1 aliphatic heterocycles. The van der Waals surface area contributed by atoms with Gasteiger partial charge in [0.25, 0.3) is 11.8 Å². The van der Waals surface area contributed by atoms with Crippen LogP contribution in [-0.2, 0) is 4.79 Å². The minimum Gasteiger partial charge on any atom is -0.485 e. The number of para-hydroxylation sites is 2. The third-order valence-electron chi connectivity index (χ3n) is 3.24. The highest BCUT2D eigenvalue weighted by atomic mass is 35.5. The standard InChI is InChI=1S/C15H10ClN3O4S/c16-12-6-5-11(24-12)14-18-19-15(23-14)17-13(20)10-7-21-8-3-1-2-4-9(8)22-10/h1-6,10H,7H2,(H,17,19,20)/t10-/m1/s1. The number of hydrogen-bond acceptors (Lipinski definition) is 7. The zero-order valence-electron chi connectivity index (χ0n) is 12.1. The lowest BCUT2D eigenvalue weighted by Gasteiger charge is -2.24. The summed E-state index contributed by atoms with van der Waals surface area (Å²) in [5.41, 5.74) is 0. The Morgan fingerprint density at radius 3 is 2.83 bits per heavy atom. The number of carbonyl (C=O) groups excluding carboxylic acids is 1. The Balaban J connectivity index is 1.44. The number of rotatable bonds is 3. The highest BCUT2D eigenvalue weighted by Gasteiger charge is 2.28. The van der Waals surface area contributed by atoms with Crippen LogP contribution in [0.2, 0.25) is 4.34 Å². The topological polar surface area (TPSA) is 86.5 Å². The Morgan fingerprint density at radius 1 is 1.21 bits per heavy atom. The molecule has 122 valence electrons. The minimum atomic E-state index is -0.800. The third-order valence-corrected chi connectivity index (χ3v) is 4.46. The molecule has 2 aromatic heterocycles. The van der Waals surface area contributed by atoms with E-state index >= 15 is 0 Å². The van der Waals surface area contributed by atoms with Gasteiger partial charge in [-0.15, -0.1) is 16.4 Å². The molecule has 0 unspecified atom stereocenters. The van der Waals surface area contributed by atoms with E-state index in [9.17, 15) is 4.79 Å². The SMILES string of the molecule is O=C(Nc1nnc(-c2ccc(Cl)s2)o1)[C@H]1COc2ccccc2O1. The second kappa shape index (κ2) is 6.14. The van der Waals surface area contributed by atoms with Gasteiger partial charge in [0.05, 0.1) is 9.21 Å². The van der Waals surface area contributed by atoms with E-state index in [1.165, 1.54) is 11.3 Å². The van der Waals surface area contributed by atoms with Crippen LogP contribution in [0.25, 0.3) is 10.8 Å². The highest BCUT2D eigenvalue weighted by Crippen LogP contribution is 2.32. The van der Waals surface area contributed by atoms with Crippen molar-refractivity contribution in [2.45, 2.75) is 6.10 Å². The molecule has 1 aliphatic rings. The van der Waals surface area contributed by atoms with Crippen molar-refractivity contribution >= 4 is 34.9 Å². The van der Waals surface area contributed by atoms with Crippen LogP contribution in [0.4, 0.5) is 6.01 Å². The second-order valence-corrected chi connectivity index (χ2v) is 6.58. The molecule has 3 heterocycles. The smallest absolute Gasteiger partial charge is 0.322 e. The zero-order valence-corrected chi connectivity index (χ0v) is 13.6. The van der Waals surface area contributed by atoms with E-state index in [0.29, 0.717) is 15.8 Å². The molecule has 3 aromatic rings. The molecule has 0 bridgehead atoms. The number of benzene rings is 1. The Bertz CT molecular complexity index is 894. The number of fused-ring (bicyclic) bond motifs is 1. The predicted octanol–water partition coefficient (Wildman–Crippen LogP) is 3.23. The Kier molecular flexibility index (Phi) is 3.83. The number of carbonyl (C=O) groups is 1. The molecule has 1 atom stereocenters. The van der Waals surface area contributed by atoms with Gasteiger partial charge < -0.3 is 13.9 Å². The number of nitrogens with zero attached hydrogens (tertiary/aromatic N) is 2. The van der Waals surface area contributed by atoms with E-state index in [2.05, 4.69) is 15.5 Å². The summed E-state index contributed by atoms with van der Waals surface area (Å²) >= 11 is 7.18. The zero-order chi connectivity index (χ0) is 16.5. The number of aromatic nitrogens is 2. The van der Waals surface area contributed by atoms with Crippen LogP contribution in [-0.4, -0.2) is 28.8 Å². The molecule has 0 spiro atoms. The first-order valence-corrected chi connectivity index (χ1v) is 8.17. The van der Waals surface area contributed by atoms with E-state index < -0.39 is 12.0 Å². The number of nitrogens with one attached hydrogen (secondary N) is 1. The number of halogens is 1. The molecule has 4 rings (SSSR count). The van der Waals surface area contributed by atoms with Gasteiger partial charge in [0.15, 0.2) is 11.5 Å². The average molecular weight is 364 g/mol. The first kappa shape index (κ1) is 15.0. The van der Waals surface area contributed by atoms with Gasteiger partial charge in [-0.25, -0.2) is 0 Å². The fourth-order valence-corrected chi connectivity index (χ4v) is 3.10. The van der Waals surface area contributed by atoms with E-state index in [1.807, 2.05) is 6.07 Å². The van der Waals surface area contributed by atoms with E-state index in [1.54, 1.807) is 30.3 Å². The molecular weight excluding hydrogens is 354 g/mol. The largest absolute Gasteiger partial charge is 0.485 e. The summed E-state index contributed by atoms with van der Waals surface area (Å²) in [6, 6.07) is 10.6. The number of amides is 1. The number of anilines is 1. The maximum atomic E-state index is 12.3. The molecule has 0 fully saturated rings. The van der Waals surface area contributed by atoms with Gasteiger partial charge in [-0.05, 0) is 24.3 Å². The lowest BCUT2D eigenvalue weighted by atomic mass is 10.2. The molecule has 1 amide bonds. The maximum Gasteiger partial charge on any atom is 0.322 e. The van der Waals surface area contributed by atoms with Crippen LogP contribution in [0.5, 0.6) is 11.5 Å². The molecule has 1 aromatic carbocycles. The summed E-state index contributed by atoms with van der Waals surface area (Å²) in [6.45, 7) is 0.102. The quantitative estimate of drug-likeness (QED) is 0.768. The maximum absolute atomic E-state index is 12.3. The minimum absolute atomic E-state index is 0.0121. The van der Waals surface area contributed by atoms with Gasteiger partial charge in [-0.2, -0.15) is 0 Å². The van der Waals surface area contributed by atoms with Crippen LogP contribution in [0.15, 0.2) is 40.8 Å². The summed E-state index contributed by atoms with van der Waals surface area (Å²) < 4.78 is 17.2. The van der Waals surface area contributed by atoms with Gasteiger partial charge in [-0.3, -0.25) is 10.1 Å². The molecule has 0 aliphatic carbocycles. The first-order valence-electron chi connectivity index (χ1n) is 6.97. The van der Waals surface area contributed by atoms with Gasteiger partial charge in [-0.1, -0.05) is 28.8 Å².